The van der Waals surface area contributed by atoms with Crippen molar-refractivity contribution in [1.82, 2.24) is 15.2 Å². The van der Waals surface area contributed by atoms with Crippen molar-refractivity contribution in [2.75, 3.05) is 25.0 Å². The summed E-state index contributed by atoms with van der Waals surface area (Å²) < 4.78 is 0. The SMILES string of the molecule is CC1CC(C)C1.C[C@@H](N)C(=O)N1CCC[C@H]1C(=O)NCCNc1ccncc1. The van der Waals surface area contributed by atoms with Gasteiger partial charge in [-0.25, -0.2) is 0 Å². The molecule has 2 heterocycles. The number of rotatable bonds is 6. The molecule has 2 amide bonds. The van der Waals surface area contributed by atoms with E-state index in [1.165, 1.54) is 12.8 Å². The smallest absolute Gasteiger partial charge is 0.242 e. The van der Waals surface area contributed by atoms with Crippen LogP contribution < -0.4 is 16.4 Å². The molecule has 0 unspecified atom stereocenters. The first-order chi connectivity index (χ1) is 13.4. The van der Waals surface area contributed by atoms with E-state index in [9.17, 15) is 9.59 Å². The van der Waals surface area contributed by atoms with Crippen molar-refractivity contribution < 1.29 is 9.59 Å². The molecule has 1 aliphatic carbocycles. The fourth-order valence-electron chi connectivity index (χ4n) is 3.85. The number of nitrogens with two attached hydrogens (primary N) is 1. The lowest BCUT2D eigenvalue weighted by Crippen LogP contribution is -2.50. The van der Waals surface area contributed by atoms with Gasteiger partial charge in [0.05, 0.1) is 6.04 Å². The fourth-order valence-corrected chi connectivity index (χ4v) is 3.85. The number of hydrogen-bond acceptors (Lipinski definition) is 5. The first-order valence-corrected chi connectivity index (χ1v) is 10.4. The minimum Gasteiger partial charge on any atom is -0.383 e. The van der Waals surface area contributed by atoms with Crippen molar-refractivity contribution in [3.8, 4) is 0 Å². The standard InChI is InChI=1S/C15H23N5O2.C6H12/c1-11(16)15(22)20-10-2-3-13(20)14(21)19-9-8-18-12-4-6-17-7-5-12;1-5-3-6(2)4-5/h4-7,11,13H,2-3,8-10,16H2,1H3,(H,17,18)(H,19,21);5-6H,3-4H2,1-2H3/t11-,13+;/m1./s1. The summed E-state index contributed by atoms with van der Waals surface area (Å²) in [5.41, 5.74) is 6.58. The Hall–Kier alpha value is -2.15. The molecule has 1 saturated heterocycles. The van der Waals surface area contributed by atoms with E-state index in [1.54, 1.807) is 24.2 Å². The van der Waals surface area contributed by atoms with Crippen LogP contribution in [0.2, 0.25) is 0 Å². The van der Waals surface area contributed by atoms with E-state index in [4.69, 9.17) is 5.73 Å². The van der Waals surface area contributed by atoms with Gasteiger partial charge in [0, 0.05) is 37.7 Å². The summed E-state index contributed by atoms with van der Waals surface area (Å²) in [5.74, 6) is 1.82. The van der Waals surface area contributed by atoms with Crippen LogP contribution in [-0.2, 0) is 9.59 Å². The van der Waals surface area contributed by atoms with Crippen molar-refractivity contribution in [2.45, 2.75) is 58.5 Å². The first-order valence-electron chi connectivity index (χ1n) is 10.4. The lowest BCUT2D eigenvalue weighted by Gasteiger charge is -2.28. The van der Waals surface area contributed by atoms with Gasteiger partial charge >= 0.3 is 0 Å². The Labute approximate surface area is 168 Å². The van der Waals surface area contributed by atoms with Gasteiger partial charge in [-0.1, -0.05) is 13.8 Å². The minimum absolute atomic E-state index is 0.108. The van der Waals surface area contributed by atoms with E-state index < -0.39 is 6.04 Å². The lowest BCUT2D eigenvalue weighted by atomic mass is 9.78. The van der Waals surface area contributed by atoms with Gasteiger partial charge in [0.25, 0.3) is 0 Å². The Balaban J connectivity index is 0.000000397. The first kappa shape index (κ1) is 22.1. The topological polar surface area (TPSA) is 100 Å². The Bertz CT molecular complexity index is 610. The molecule has 0 radical (unpaired) electrons. The number of amides is 2. The molecule has 2 atom stereocenters. The maximum absolute atomic E-state index is 12.2. The monoisotopic (exact) mass is 389 g/mol. The van der Waals surface area contributed by atoms with Gasteiger partial charge in [-0.3, -0.25) is 14.6 Å². The van der Waals surface area contributed by atoms with E-state index in [1.807, 2.05) is 12.1 Å². The Morgan fingerprint density at radius 1 is 1.21 bits per heavy atom. The Kier molecular flexibility index (Phi) is 8.70. The molecule has 3 rings (SSSR count). The van der Waals surface area contributed by atoms with Gasteiger partial charge in [0.15, 0.2) is 0 Å². The van der Waals surface area contributed by atoms with Crippen molar-refractivity contribution in [2.24, 2.45) is 17.6 Å². The zero-order valence-corrected chi connectivity index (χ0v) is 17.4. The average Bonchev–Trinajstić information content (AvgIpc) is 3.14. The molecular formula is C21H35N5O2. The molecule has 2 fully saturated rings. The number of nitrogens with zero attached hydrogens (tertiary/aromatic N) is 2. The number of carbonyl (C=O) groups is 2. The maximum Gasteiger partial charge on any atom is 0.242 e. The van der Waals surface area contributed by atoms with Gasteiger partial charge in [-0.15, -0.1) is 0 Å². The highest BCUT2D eigenvalue weighted by molar-refractivity contribution is 5.90. The summed E-state index contributed by atoms with van der Waals surface area (Å²) in [5, 5.41) is 6.05. The highest BCUT2D eigenvalue weighted by Gasteiger charge is 2.34. The molecule has 7 heteroatoms. The predicted molar refractivity (Wildman–Crippen MR) is 112 cm³/mol. The van der Waals surface area contributed by atoms with E-state index in [2.05, 4.69) is 29.5 Å². The van der Waals surface area contributed by atoms with Gasteiger partial charge in [0.1, 0.15) is 6.04 Å². The number of hydrogen-bond donors (Lipinski definition) is 3. The van der Waals surface area contributed by atoms with E-state index in [0.29, 0.717) is 26.1 Å². The van der Waals surface area contributed by atoms with E-state index in [-0.39, 0.29) is 17.9 Å². The highest BCUT2D eigenvalue weighted by Crippen LogP contribution is 2.31. The van der Waals surface area contributed by atoms with Crippen LogP contribution in [-0.4, -0.2) is 53.4 Å². The zero-order chi connectivity index (χ0) is 20.5. The summed E-state index contributed by atoms with van der Waals surface area (Å²) in [6.45, 7) is 8.00. The van der Waals surface area contributed by atoms with Gasteiger partial charge in [-0.05, 0) is 56.6 Å². The number of carbonyl (C=O) groups excluding carboxylic acids is 2. The third-order valence-electron chi connectivity index (χ3n) is 5.27. The molecule has 1 saturated carbocycles. The molecule has 0 aromatic carbocycles. The largest absolute Gasteiger partial charge is 0.383 e. The summed E-state index contributed by atoms with van der Waals surface area (Å²) in [7, 11) is 0. The normalized spacial score (nSPS) is 24.4. The van der Waals surface area contributed by atoms with Crippen molar-refractivity contribution in [3.63, 3.8) is 0 Å². The number of anilines is 1. The minimum atomic E-state index is -0.568. The maximum atomic E-state index is 12.2. The molecule has 1 aromatic rings. The second-order valence-corrected chi connectivity index (χ2v) is 8.11. The Morgan fingerprint density at radius 3 is 2.39 bits per heavy atom. The molecule has 7 nitrogen and oxygen atoms in total. The van der Waals surface area contributed by atoms with E-state index in [0.717, 1.165) is 23.9 Å². The molecule has 4 N–H and O–H groups in total. The predicted octanol–water partition coefficient (Wildman–Crippen LogP) is 2.00. The van der Waals surface area contributed by atoms with E-state index >= 15 is 0 Å². The van der Waals surface area contributed by atoms with Crippen LogP contribution in [0, 0.1) is 11.8 Å². The van der Waals surface area contributed by atoms with Gasteiger partial charge in [0.2, 0.25) is 11.8 Å². The molecule has 0 spiro atoms. The van der Waals surface area contributed by atoms with Crippen molar-refractivity contribution >= 4 is 17.5 Å². The molecule has 1 aromatic heterocycles. The van der Waals surface area contributed by atoms with Crippen LogP contribution in [0.15, 0.2) is 24.5 Å². The van der Waals surface area contributed by atoms with Gasteiger partial charge in [-0.2, -0.15) is 0 Å². The highest BCUT2D eigenvalue weighted by atomic mass is 16.2. The molecule has 0 bridgehead atoms. The van der Waals surface area contributed by atoms with Crippen LogP contribution in [0.4, 0.5) is 5.69 Å². The second kappa shape index (κ2) is 11.0. The molecule has 28 heavy (non-hydrogen) atoms. The molecule has 156 valence electrons. The van der Waals surface area contributed by atoms with Crippen LogP contribution >= 0.6 is 0 Å². The zero-order valence-electron chi connectivity index (χ0n) is 17.4. The lowest BCUT2D eigenvalue weighted by molar-refractivity contribution is -0.139. The van der Waals surface area contributed by atoms with Crippen LogP contribution in [0.3, 0.4) is 0 Å². The third-order valence-corrected chi connectivity index (χ3v) is 5.27. The Morgan fingerprint density at radius 2 is 1.86 bits per heavy atom. The molecular weight excluding hydrogens is 354 g/mol. The van der Waals surface area contributed by atoms with Crippen molar-refractivity contribution in [1.29, 1.82) is 0 Å². The second-order valence-electron chi connectivity index (χ2n) is 8.11. The fraction of sp³-hybridized carbons (Fsp3) is 0.667. The third kappa shape index (κ3) is 6.78. The summed E-state index contributed by atoms with van der Waals surface area (Å²) in [4.78, 5) is 29.7. The quantitative estimate of drug-likeness (QED) is 0.646. The summed E-state index contributed by atoms with van der Waals surface area (Å²) in [6.07, 6.45) is 7.89. The number of likely N-dealkylation sites (tertiary alicyclic amines) is 1. The average molecular weight is 390 g/mol. The van der Waals surface area contributed by atoms with Crippen LogP contribution in [0.1, 0.15) is 46.5 Å². The van der Waals surface area contributed by atoms with Crippen LogP contribution in [0.5, 0.6) is 0 Å². The summed E-state index contributed by atoms with van der Waals surface area (Å²) >= 11 is 0. The molecule has 1 aliphatic heterocycles. The van der Waals surface area contributed by atoms with Crippen molar-refractivity contribution in [3.05, 3.63) is 24.5 Å². The number of nitrogens with one attached hydrogen (secondary N) is 2. The van der Waals surface area contributed by atoms with Gasteiger partial charge < -0.3 is 21.3 Å². The van der Waals surface area contributed by atoms with Crippen LogP contribution in [0.25, 0.3) is 0 Å². The number of pyridine rings is 1. The number of aromatic nitrogens is 1. The summed E-state index contributed by atoms with van der Waals surface area (Å²) in [6, 6.07) is 2.77. The molecule has 2 aliphatic rings.